The summed E-state index contributed by atoms with van der Waals surface area (Å²) in [5.74, 6) is 0.515. The van der Waals surface area contributed by atoms with Gasteiger partial charge < -0.3 is 19.7 Å². The number of aryl methyl sites for hydroxylation is 1. The molecule has 4 rings (SSSR count). The van der Waals surface area contributed by atoms with Crippen molar-refractivity contribution in [2.45, 2.75) is 18.7 Å². The van der Waals surface area contributed by atoms with Gasteiger partial charge in [0.1, 0.15) is 11.2 Å². The first kappa shape index (κ1) is 21.3. The topological polar surface area (TPSA) is 91.5 Å². The molecule has 0 amide bonds. The molecule has 0 saturated carbocycles. The predicted octanol–water partition coefficient (Wildman–Crippen LogP) is 2.41. The second kappa shape index (κ2) is 7.93. The number of aromatic nitrogens is 3. The monoisotopic (exact) mass is 434 g/mol. The minimum absolute atomic E-state index is 0.0351. The fourth-order valence-corrected chi connectivity index (χ4v) is 3.78. The fourth-order valence-electron chi connectivity index (χ4n) is 3.78. The highest BCUT2D eigenvalue weighted by Crippen LogP contribution is 2.34. The number of benzene rings is 1. The maximum Gasteiger partial charge on any atom is 0.418 e. The quantitative estimate of drug-likeness (QED) is 0.656. The van der Waals surface area contributed by atoms with E-state index in [1.54, 1.807) is 13.1 Å². The van der Waals surface area contributed by atoms with Gasteiger partial charge in [0, 0.05) is 38.2 Å². The molecule has 7 nitrogen and oxygen atoms in total. The molecule has 31 heavy (non-hydrogen) atoms. The molecule has 2 N–H and O–H groups in total. The van der Waals surface area contributed by atoms with E-state index in [4.69, 9.17) is 0 Å². The molecule has 1 aliphatic heterocycles. The average molecular weight is 434 g/mol. The van der Waals surface area contributed by atoms with Gasteiger partial charge in [-0.1, -0.05) is 24.3 Å². The minimum atomic E-state index is -4.75. The highest BCUT2D eigenvalue weighted by Gasteiger charge is 2.39. The van der Waals surface area contributed by atoms with Gasteiger partial charge in [-0.15, -0.1) is 0 Å². The molecule has 2 unspecified atom stereocenters. The Labute approximate surface area is 175 Å². The summed E-state index contributed by atoms with van der Waals surface area (Å²) in [6, 6.07) is 6.92. The van der Waals surface area contributed by atoms with Crippen LogP contribution in [0.2, 0.25) is 0 Å². The van der Waals surface area contributed by atoms with Gasteiger partial charge in [-0.05, 0) is 18.1 Å². The normalized spacial score (nSPS) is 18.0. The Morgan fingerprint density at radius 2 is 1.97 bits per heavy atom. The van der Waals surface area contributed by atoms with E-state index in [0.29, 0.717) is 41.1 Å². The Balaban J connectivity index is 1.81. The van der Waals surface area contributed by atoms with E-state index < -0.39 is 12.3 Å². The van der Waals surface area contributed by atoms with Crippen molar-refractivity contribution >= 4 is 16.7 Å². The van der Waals surface area contributed by atoms with E-state index in [1.165, 1.54) is 35.2 Å². The van der Waals surface area contributed by atoms with Crippen LogP contribution in [0.4, 0.5) is 19.0 Å². The number of hydrogen-bond donors (Lipinski definition) is 2. The summed E-state index contributed by atoms with van der Waals surface area (Å²) in [7, 11) is 1.59. The second-order valence-corrected chi connectivity index (χ2v) is 7.74. The van der Waals surface area contributed by atoms with Crippen LogP contribution in [0, 0.1) is 5.92 Å². The van der Waals surface area contributed by atoms with Crippen LogP contribution >= 0.6 is 0 Å². The number of fused-ring (bicyclic) bond motifs is 1. The van der Waals surface area contributed by atoms with Gasteiger partial charge in [-0.3, -0.25) is 4.79 Å². The lowest BCUT2D eigenvalue weighted by molar-refractivity contribution is -0.206. The van der Waals surface area contributed by atoms with Gasteiger partial charge >= 0.3 is 6.18 Å². The molecule has 0 spiro atoms. The number of hydrogen-bond acceptors (Lipinski definition) is 6. The van der Waals surface area contributed by atoms with E-state index in [0.717, 1.165) is 6.42 Å². The van der Waals surface area contributed by atoms with Gasteiger partial charge in [-0.2, -0.15) is 13.2 Å². The zero-order valence-electron chi connectivity index (χ0n) is 16.7. The zero-order valence-corrected chi connectivity index (χ0v) is 16.7. The molecule has 1 saturated heterocycles. The molecule has 1 fully saturated rings. The van der Waals surface area contributed by atoms with Gasteiger partial charge in [0.2, 0.25) is 0 Å². The number of rotatable bonds is 4. The van der Waals surface area contributed by atoms with Crippen molar-refractivity contribution in [2.24, 2.45) is 13.0 Å². The molecule has 2 aromatic heterocycles. The summed E-state index contributed by atoms with van der Waals surface area (Å²) in [4.78, 5) is 23.7. The maximum absolute atomic E-state index is 12.8. The first-order valence-corrected chi connectivity index (χ1v) is 9.76. The van der Waals surface area contributed by atoms with Crippen LogP contribution < -0.4 is 10.5 Å². The zero-order chi connectivity index (χ0) is 22.3. The molecular weight excluding hydrogens is 413 g/mol. The molecule has 164 valence electrons. The van der Waals surface area contributed by atoms with Crippen LogP contribution in [-0.2, 0) is 7.05 Å². The average Bonchev–Trinajstić information content (AvgIpc) is 3.24. The lowest BCUT2D eigenvalue weighted by Gasteiger charge is -2.20. The van der Waals surface area contributed by atoms with Gasteiger partial charge in [-0.25, -0.2) is 9.97 Å². The summed E-state index contributed by atoms with van der Waals surface area (Å²) < 4.78 is 39.7. The van der Waals surface area contributed by atoms with Crippen molar-refractivity contribution < 1.29 is 23.4 Å². The molecule has 3 aromatic rings. The van der Waals surface area contributed by atoms with Crippen LogP contribution in [0.1, 0.15) is 18.1 Å². The molecule has 0 aliphatic carbocycles. The van der Waals surface area contributed by atoms with E-state index in [9.17, 15) is 28.2 Å². The Morgan fingerprint density at radius 3 is 2.58 bits per heavy atom. The Bertz CT molecular complexity index is 1160. The van der Waals surface area contributed by atoms with Gasteiger partial charge in [0.05, 0.1) is 17.5 Å². The molecule has 0 bridgehead atoms. The van der Waals surface area contributed by atoms with E-state index in [1.807, 2.05) is 4.90 Å². The van der Waals surface area contributed by atoms with Crippen molar-refractivity contribution in [3.05, 3.63) is 52.6 Å². The van der Waals surface area contributed by atoms with Crippen LogP contribution in [0.15, 0.2) is 41.5 Å². The predicted molar refractivity (Wildman–Crippen MR) is 109 cm³/mol. The Kier molecular flexibility index (Phi) is 5.44. The van der Waals surface area contributed by atoms with Gasteiger partial charge in [0.25, 0.3) is 5.56 Å². The molecule has 2 atom stereocenters. The van der Waals surface area contributed by atoms with E-state index >= 15 is 0 Å². The van der Waals surface area contributed by atoms with Crippen LogP contribution in [0.25, 0.3) is 22.2 Å². The second-order valence-electron chi connectivity index (χ2n) is 7.74. The number of halogens is 3. The standard InChI is InChI=1S/C21H21F3N4O3/c1-27-11-25-16-8-15(13-2-4-14(5-3-13)18(30)21(22,23)24)26-19(17(16)20(27)31)28-7-6-12(9-28)10-29/h2-5,8,11-12,18,29-30H,6-7,9-10H2,1H3. The van der Waals surface area contributed by atoms with Crippen LogP contribution in [-0.4, -0.2) is 50.6 Å². The summed E-state index contributed by atoms with van der Waals surface area (Å²) in [5.41, 5.74) is 0.880. The molecular formula is C21H21F3N4O3. The van der Waals surface area contributed by atoms with E-state index in [2.05, 4.69) is 9.97 Å². The van der Waals surface area contributed by atoms with Crippen molar-refractivity contribution in [3.8, 4) is 11.3 Å². The Morgan fingerprint density at radius 1 is 1.26 bits per heavy atom. The summed E-state index contributed by atoms with van der Waals surface area (Å²) in [6.07, 6.45) is -5.15. The van der Waals surface area contributed by atoms with Crippen LogP contribution in [0.5, 0.6) is 0 Å². The minimum Gasteiger partial charge on any atom is -0.396 e. The first-order chi connectivity index (χ1) is 14.7. The smallest absolute Gasteiger partial charge is 0.396 e. The maximum atomic E-state index is 12.8. The van der Waals surface area contributed by atoms with E-state index in [-0.39, 0.29) is 23.6 Å². The third-order valence-corrected chi connectivity index (χ3v) is 5.56. The van der Waals surface area contributed by atoms with Crippen molar-refractivity contribution in [2.75, 3.05) is 24.6 Å². The summed E-state index contributed by atoms with van der Waals surface area (Å²) in [6.45, 7) is 1.19. The number of nitrogens with zero attached hydrogens (tertiary/aromatic N) is 4. The van der Waals surface area contributed by atoms with Gasteiger partial charge in [0.15, 0.2) is 6.10 Å². The molecule has 1 aromatic carbocycles. The lowest BCUT2D eigenvalue weighted by atomic mass is 10.0. The number of anilines is 1. The van der Waals surface area contributed by atoms with Crippen molar-refractivity contribution in [1.82, 2.24) is 14.5 Å². The van der Waals surface area contributed by atoms with Crippen molar-refractivity contribution in [3.63, 3.8) is 0 Å². The highest BCUT2D eigenvalue weighted by atomic mass is 19.4. The molecule has 10 heteroatoms. The third-order valence-electron chi connectivity index (χ3n) is 5.56. The first-order valence-electron chi connectivity index (χ1n) is 9.76. The number of alkyl halides is 3. The lowest BCUT2D eigenvalue weighted by Crippen LogP contribution is -2.26. The SMILES string of the molecule is Cn1cnc2cc(-c3ccc(C(O)C(F)(F)F)cc3)nc(N3CCC(CO)C3)c2c1=O. The molecule has 0 radical (unpaired) electrons. The summed E-state index contributed by atoms with van der Waals surface area (Å²) >= 11 is 0. The Hall–Kier alpha value is -2.98. The van der Waals surface area contributed by atoms with Crippen LogP contribution in [0.3, 0.4) is 0 Å². The summed E-state index contributed by atoms with van der Waals surface area (Å²) in [5, 5.41) is 19.3. The van der Waals surface area contributed by atoms with Crippen molar-refractivity contribution in [1.29, 1.82) is 0 Å². The fraction of sp³-hybridized carbons (Fsp3) is 0.381. The number of aliphatic hydroxyl groups excluding tert-OH is 2. The number of aliphatic hydroxyl groups is 2. The largest absolute Gasteiger partial charge is 0.418 e. The third kappa shape index (κ3) is 4.00. The molecule has 3 heterocycles. The highest BCUT2D eigenvalue weighted by molar-refractivity contribution is 5.91. The number of pyridine rings is 1. The molecule has 1 aliphatic rings.